The average molecular weight is 323 g/mol. The second-order valence-electron chi connectivity index (χ2n) is 5.09. The highest BCUT2D eigenvalue weighted by Crippen LogP contribution is 2.21. The lowest BCUT2D eigenvalue weighted by Gasteiger charge is -2.07. The van der Waals surface area contributed by atoms with E-state index >= 15 is 0 Å². The van der Waals surface area contributed by atoms with E-state index in [2.05, 4.69) is 15.2 Å². The van der Waals surface area contributed by atoms with Gasteiger partial charge in [-0.05, 0) is 24.3 Å². The van der Waals surface area contributed by atoms with Crippen molar-refractivity contribution in [2.24, 2.45) is 7.05 Å². The van der Waals surface area contributed by atoms with Gasteiger partial charge in [-0.25, -0.2) is 4.98 Å². The molecule has 0 atom stereocenters. The standard InChI is InChI=1S/C16H13N5OS/c1-20-15(22)11-6-2-3-7-12(11)21-13(18-19-16(20)21)10-23-14-8-4-5-9-17-14/h2-9H,10H2,1H3. The summed E-state index contributed by atoms with van der Waals surface area (Å²) < 4.78 is 3.47. The molecule has 114 valence electrons. The van der Waals surface area contributed by atoms with Crippen molar-refractivity contribution in [2.75, 3.05) is 0 Å². The van der Waals surface area contributed by atoms with E-state index < -0.39 is 0 Å². The largest absolute Gasteiger partial charge is 0.279 e. The summed E-state index contributed by atoms with van der Waals surface area (Å²) in [6, 6.07) is 13.3. The molecule has 7 heteroatoms. The smallest absolute Gasteiger partial charge is 0.262 e. The van der Waals surface area contributed by atoms with E-state index in [-0.39, 0.29) is 5.56 Å². The third-order valence-electron chi connectivity index (χ3n) is 3.68. The van der Waals surface area contributed by atoms with Crippen molar-refractivity contribution >= 4 is 28.4 Å². The maximum absolute atomic E-state index is 12.4. The summed E-state index contributed by atoms with van der Waals surface area (Å²) in [5.41, 5.74) is 0.761. The Hall–Kier alpha value is -2.67. The molecule has 3 aromatic heterocycles. The first-order valence-electron chi connectivity index (χ1n) is 7.11. The number of hydrogen-bond donors (Lipinski definition) is 0. The van der Waals surface area contributed by atoms with Crippen molar-refractivity contribution in [3.8, 4) is 0 Å². The molecule has 0 bridgehead atoms. The zero-order valence-corrected chi connectivity index (χ0v) is 13.2. The van der Waals surface area contributed by atoms with Gasteiger partial charge in [-0.15, -0.1) is 10.2 Å². The molecule has 0 saturated carbocycles. The first-order chi connectivity index (χ1) is 11.3. The van der Waals surface area contributed by atoms with Crippen LogP contribution in [0, 0.1) is 0 Å². The van der Waals surface area contributed by atoms with Crippen molar-refractivity contribution in [1.29, 1.82) is 0 Å². The Kier molecular flexibility index (Phi) is 3.34. The van der Waals surface area contributed by atoms with Crippen molar-refractivity contribution < 1.29 is 0 Å². The highest BCUT2D eigenvalue weighted by molar-refractivity contribution is 7.98. The molecule has 0 aliphatic carbocycles. The number of nitrogens with zero attached hydrogens (tertiary/aromatic N) is 5. The number of thioether (sulfide) groups is 1. The van der Waals surface area contributed by atoms with Crippen LogP contribution in [-0.2, 0) is 12.8 Å². The van der Waals surface area contributed by atoms with Crippen molar-refractivity contribution in [2.45, 2.75) is 10.8 Å². The van der Waals surface area contributed by atoms with Gasteiger partial charge in [-0.1, -0.05) is 30.0 Å². The quantitative estimate of drug-likeness (QED) is 0.541. The van der Waals surface area contributed by atoms with Crippen LogP contribution in [0.15, 0.2) is 58.5 Å². The molecule has 23 heavy (non-hydrogen) atoms. The number of para-hydroxylation sites is 1. The summed E-state index contributed by atoms with van der Waals surface area (Å²) in [6.45, 7) is 0. The van der Waals surface area contributed by atoms with Gasteiger partial charge in [0.2, 0.25) is 5.78 Å². The number of fused-ring (bicyclic) bond motifs is 3. The van der Waals surface area contributed by atoms with E-state index in [0.29, 0.717) is 16.9 Å². The first-order valence-corrected chi connectivity index (χ1v) is 8.10. The molecule has 0 aliphatic rings. The fourth-order valence-electron chi connectivity index (χ4n) is 2.56. The second-order valence-corrected chi connectivity index (χ2v) is 6.09. The Morgan fingerprint density at radius 3 is 2.74 bits per heavy atom. The predicted molar refractivity (Wildman–Crippen MR) is 89.5 cm³/mol. The summed E-state index contributed by atoms with van der Waals surface area (Å²) in [5.74, 6) is 1.97. The molecule has 3 heterocycles. The topological polar surface area (TPSA) is 65.1 Å². The molecule has 0 spiro atoms. The monoisotopic (exact) mass is 323 g/mol. The van der Waals surface area contributed by atoms with Crippen LogP contribution in [0.3, 0.4) is 0 Å². The molecule has 6 nitrogen and oxygen atoms in total. The van der Waals surface area contributed by atoms with E-state index in [9.17, 15) is 4.79 Å². The molecule has 4 rings (SSSR count). The van der Waals surface area contributed by atoms with Gasteiger partial charge in [0, 0.05) is 13.2 Å². The minimum atomic E-state index is -0.0653. The number of rotatable bonds is 3. The van der Waals surface area contributed by atoms with Gasteiger partial charge in [0.25, 0.3) is 5.56 Å². The number of aromatic nitrogens is 5. The zero-order valence-electron chi connectivity index (χ0n) is 12.4. The maximum atomic E-state index is 12.4. The summed E-state index contributed by atoms with van der Waals surface area (Å²) in [4.78, 5) is 16.7. The van der Waals surface area contributed by atoms with Crippen LogP contribution in [0.2, 0.25) is 0 Å². The van der Waals surface area contributed by atoms with Crippen LogP contribution in [0.1, 0.15) is 5.82 Å². The molecule has 0 amide bonds. The first kappa shape index (κ1) is 14.0. The minimum Gasteiger partial charge on any atom is -0.279 e. The van der Waals surface area contributed by atoms with Gasteiger partial charge in [-0.3, -0.25) is 13.8 Å². The summed E-state index contributed by atoms with van der Waals surface area (Å²) in [6.07, 6.45) is 1.77. The normalized spacial score (nSPS) is 11.3. The van der Waals surface area contributed by atoms with E-state index in [1.165, 1.54) is 4.57 Å². The van der Waals surface area contributed by atoms with Crippen molar-refractivity contribution in [1.82, 2.24) is 24.1 Å². The van der Waals surface area contributed by atoms with Crippen LogP contribution in [0.25, 0.3) is 16.7 Å². The Balaban J connectivity index is 1.87. The maximum Gasteiger partial charge on any atom is 0.262 e. The Morgan fingerprint density at radius 2 is 1.91 bits per heavy atom. The number of hydrogen-bond acceptors (Lipinski definition) is 5. The molecule has 0 aliphatic heterocycles. The third kappa shape index (κ3) is 2.29. The fraction of sp³-hybridized carbons (Fsp3) is 0.125. The molecular formula is C16H13N5OS. The number of benzene rings is 1. The predicted octanol–water partition coefficient (Wildman–Crippen LogP) is 2.27. The summed E-state index contributed by atoms with van der Waals surface area (Å²) in [5, 5.41) is 10.0. The number of aryl methyl sites for hydroxylation is 1. The van der Waals surface area contributed by atoms with Gasteiger partial charge in [0.1, 0.15) is 5.82 Å². The Labute approximate surface area is 135 Å². The second kappa shape index (κ2) is 5.51. The molecule has 0 N–H and O–H groups in total. The van der Waals surface area contributed by atoms with E-state index in [0.717, 1.165) is 16.4 Å². The van der Waals surface area contributed by atoms with Crippen molar-refractivity contribution in [3.63, 3.8) is 0 Å². The zero-order chi connectivity index (χ0) is 15.8. The lowest BCUT2D eigenvalue weighted by molar-refractivity contribution is 0.857. The molecule has 1 aromatic carbocycles. The molecule has 0 radical (unpaired) electrons. The summed E-state index contributed by atoms with van der Waals surface area (Å²) in [7, 11) is 1.72. The molecule has 0 saturated heterocycles. The molecule has 0 unspecified atom stereocenters. The third-order valence-corrected chi connectivity index (χ3v) is 4.62. The lowest BCUT2D eigenvalue weighted by atomic mass is 10.2. The van der Waals surface area contributed by atoms with Crippen LogP contribution in [-0.4, -0.2) is 24.1 Å². The van der Waals surface area contributed by atoms with Gasteiger partial charge in [0.15, 0.2) is 0 Å². The Bertz CT molecular complexity index is 1050. The van der Waals surface area contributed by atoms with E-state index in [4.69, 9.17) is 0 Å². The summed E-state index contributed by atoms with van der Waals surface area (Å²) >= 11 is 1.59. The van der Waals surface area contributed by atoms with E-state index in [1.54, 1.807) is 25.0 Å². The fourth-order valence-corrected chi connectivity index (χ4v) is 3.33. The SMILES string of the molecule is Cn1c(=O)c2ccccc2n2c(CSc3ccccn3)nnc12. The van der Waals surface area contributed by atoms with Gasteiger partial charge < -0.3 is 0 Å². The highest BCUT2D eigenvalue weighted by atomic mass is 32.2. The lowest BCUT2D eigenvalue weighted by Crippen LogP contribution is -2.20. The molecular weight excluding hydrogens is 310 g/mol. The highest BCUT2D eigenvalue weighted by Gasteiger charge is 2.14. The number of pyridine rings is 1. The van der Waals surface area contributed by atoms with Crippen LogP contribution < -0.4 is 5.56 Å². The Morgan fingerprint density at radius 1 is 1.09 bits per heavy atom. The molecule has 0 fully saturated rings. The van der Waals surface area contributed by atoms with Crippen LogP contribution in [0.5, 0.6) is 0 Å². The van der Waals surface area contributed by atoms with Gasteiger partial charge in [0.05, 0.1) is 21.7 Å². The molecule has 4 aromatic rings. The van der Waals surface area contributed by atoms with Crippen LogP contribution in [0.4, 0.5) is 0 Å². The average Bonchev–Trinajstić information content (AvgIpc) is 3.03. The van der Waals surface area contributed by atoms with Crippen LogP contribution >= 0.6 is 11.8 Å². The van der Waals surface area contributed by atoms with Gasteiger partial charge in [-0.2, -0.15) is 0 Å². The van der Waals surface area contributed by atoms with Gasteiger partial charge >= 0.3 is 0 Å². The minimum absolute atomic E-state index is 0.0653. The van der Waals surface area contributed by atoms with Crippen molar-refractivity contribution in [3.05, 3.63) is 64.8 Å². The van der Waals surface area contributed by atoms with E-state index in [1.807, 2.05) is 46.9 Å².